The number of anilines is 1. The maximum Gasteiger partial charge on any atom is 0.303 e. The van der Waals surface area contributed by atoms with E-state index in [1.807, 2.05) is 0 Å². The largest absolute Gasteiger partial charge is 0.481 e. The molecule has 0 bridgehead atoms. The first-order valence-corrected chi connectivity index (χ1v) is 6.22. The van der Waals surface area contributed by atoms with Crippen LogP contribution in [0.2, 0.25) is 0 Å². The molecule has 0 saturated carbocycles. The number of benzene rings is 1. The van der Waals surface area contributed by atoms with Gasteiger partial charge in [-0.15, -0.1) is 0 Å². The van der Waals surface area contributed by atoms with Gasteiger partial charge in [0.2, 0.25) is 10.7 Å². The Hall–Kier alpha value is -2.48. The van der Waals surface area contributed by atoms with Crippen LogP contribution in [-0.2, 0) is 9.59 Å². The number of nitrogens with zero attached hydrogens (tertiary/aromatic N) is 1. The molecule has 0 aliphatic carbocycles. The summed E-state index contributed by atoms with van der Waals surface area (Å²) in [4.78, 5) is 25.9. The number of nitrogens with one attached hydrogen (secondary N) is 3. The summed E-state index contributed by atoms with van der Waals surface area (Å²) < 4.78 is 0.367. The predicted molar refractivity (Wildman–Crippen MR) is 74.7 cm³/mol. The molecule has 104 valence electrons. The van der Waals surface area contributed by atoms with Gasteiger partial charge in [-0.3, -0.25) is 19.8 Å². The number of aromatic amines is 2. The molecule has 0 radical (unpaired) electrons. The van der Waals surface area contributed by atoms with Crippen LogP contribution in [0.3, 0.4) is 0 Å². The Kier molecular flexibility index (Phi) is 4.26. The van der Waals surface area contributed by atoms with Gasteiger partial charge in [-0.25, -0.2) is 0 Å². The van der Waals surface area contributed by atoms with Crippen molar-refractivity contribution in [3.63, 3.8) is 0 Å². The molecule has 0 spiro atoms. The summed E-state index contributed by atoms with van der Waals surface area (Å²) in [6.07, 6.45) is -0.239. The summed E-state index contributed by atoms with van der Waals surface area (Å²) in [5.74, 6) is -0.720. The van der Waals surface area contributed by atoms with Crippen molar-refractivity contribution in [2.75, 3.05) is 5.32 Å². The van der Waals surface area contributed by atoms with Crippen LogP contribution >= 0.6 is 12.2 Å². The summed E-state index contributed by atoms with van der Waals surface area (Å²) in [5, 5.41) is 16.6. The molecule has 20 heavy (non-hydrogen) atoms. The summed E-state index contributed by atoms with van der Waals surface area (Å²) in [6, 6.07) is 6.96. The zero-order chi connectivity index (χ0) is 14.5. The number of carbonyl (C=O) groups is 2. The van der Waals surface area contributed by atoms with Gasteiger partial charge in [0.05, 0.1) is 6.42 Å². The van der Waals surface area contributed by atoms with Gasteiger partial charge in [0, 0.05) is 17.7 Å². The monoisotopic (exact) mass is 292 g/mol. The number of hydrogen-bond donors (Lipinski definition) is 4. The van der Waals surface area contributed by atoms with E-state index in [-0.39, 0.29) is 18.7 Å². The van der Waals surface area contributed by atoms with Gasteiger partial charge in [-0.2, -0.15) is 4.98 Å². The lowest BCUT2D eigenvalue weighted by Gasteiger charge is -2.04. The first-order valence-electron chi connectivity index (χ1n) is 5.81. The standard InChI is InChI=1S/C12H12N4O3S/c17-9(5-6-10(18)19)13-8-3-1-7(2-4-8)11-14-12(20)16-15-11/h1-4H,5-6H2,(H,13,17)(H,18,19)(H2,14,15,16,20). The number of carbonyl (C=O) groups excluding carboxylic acids is 1. The van der Waals surface area contributed by atoms with E-state index >= 15 is 0 Å². The number of carboxylic acid groups (broad SMARTS) is 1. The van der Waals surface area contributed by atoms with Crippen LogP contribution in [0.5, 0.6) is 0 Å². The fourth-order valence-corrected chi connectivity index (χ4v) is 1.70. The van der Waals surface area contributed by atoms with Crippen molar-refractivity contribution in [2.45, 2.75) is 12.8 Å². The second-order valence-electron chi connectivity index (χ2n) is 4.03. The van der Waals surface area contributed by atoms with Crippen LogP contribution in [0.25, 0.3) is 11.4 Å². The first kappa shape index (κ1) is 13.9. The predicted octanol–water partition coefficient (Wildman–Crippen LogP) is 1.94. The molecule has 8 heteroatoms. The maximum atomic E-state index is 11.5. The Morgan fingerprint density at radius 2 is 1.90 bits per heavy atom. The highest BCUT2D eigenvalue weighted by Gasteiger charge is 2.06. The summed E-state index contributed by atoms with van der Waals surface area (Å²) in [5.41, 5.74) is 1.42. The van der Waals surface area contributed by atoms with Gasteiger partial charge in [-0.05, 0) is 36.5 Å². The van der Waals surface area contributed by atoms with Gasteiger partial charge < -0.3 is 10.4 Å². The fourth-order valence-electron chi connectivity index (χ4n) is 1.56. The number of aliphatic carboxylic acids is 1. The van der Waals surface area contributed by atoms with Gasteiger partial charge >= 0.3 is 5.97 Å². The number of aromatic nitrogens is 3. The minimum atomic E-state index is -0.996. The minimum absolute atomic E-state index is 0.0520. The molecule has 1 heterocycles. The number of amides is 1. The Morgan fingerprint density at radius 1 is 1.20 bits per heavy atom. The van der Waals surface area contributed by atoms with E-state index in [9.17, 15) is 9.59 Å². The van der Waals surface area contributed by atoms with Crippen molar-refractivity contribution < 1.29 is 14.7 Å². The summed E-state index contributed by atoms with van der Waals surface area (Å²) in [7, 11) is 0. The Labute approximate surface area is 119 Å². The summed E-state index contributed by atoms with van der Waals surface area (Å²) in [6.45, 7) is 0. The number of H-pyrrole nitrogens is 2. The van der Waals surface area contributed by atoms with Gasteiger partial charge in [0.15, 0.2) is 5.82 Å². The molecule has 0 aliphatic heterocycles. The van der Waals surface area contributed by atoms with E-state index in [0.717, 1.165) is 5.56 Å². The average Bonchev–Trinajstić information content (AvgIpc) is 2.84. The second kappa shape index (κ2) is 6.11. The van der Waals surface area contributed by atoms with E-state index in [1.54, 1.807) is 24.3 Å². The third-order valence-corrected chi connectivity index (χ3v) is 2.70. The van der Waals surface area contributed by atoms with Crippen molar-refractivity contribution in [2.24, 2.45) is 0 Å². The first-order chi connectivity index (χ1) is 9.54. The third-order valence-electron chi connectivity index (χ3n) is 2.51. The molecular weight excluding hydrogens is 280 g/mol. The number of rotatable bonds is 5. The maximum absolute atomic E-state index is 11.5. The number of hydrogen-bond acceptors (Lipinski definition) is 4. The van der Waals surface area contributed by atoms with Crippen LogP contribution in [0.4, 0.5) is 5.69 Å². The van der Waals surface area contributed by atoms with Crippen molar-refractivity contribution in [3.05, 3.63) is 29.0 Å². The molecule has 1 amide bonds. The highest BCUT2D eigenvalue weighted by atomic mass is 32.1. The van der Waals surface area contributed by atoms with E-state index < -0.39 is 5.97 Å². The van der Waals surface area contributed by atoms with E-state index in [1.165, 1.54) is 0 Å². The molecule has 0 aliphatic rings. The molecule has 7 nitrogen and oxygen atoms in total. The van der Waals surface area contributed by atoms with E-state index in [4.69, 9.17) is 17.3 Å². The van der Waals surface area contributed by atoms with Crippen LogP contribution in [0, 0.1) is 4.77 Å². The Balaban J connectivity index is 2.00. The highest BCUT2D eigenvalue weighted by molar-refractivity contribution is 7.71. The zero-order valence-electron chi connectivity index (χ0n) is 10.3. The Bertz CT molecular complexity index is 675. The third kappa shape index (κ3) is 3.75. The molecule has 0 fully saturated rings. The second-order valence-corrected chi connectivity index (χ2v) is 4.42. The molecule has 1 aromatic heterocycles. The zero-order valence-corrected chi connectivity index (χ0v) is 11.2. The SMILES string of the molecule is O=C(O)CCC(=O)Nc1ccc(-c2nc(=S)[nH][nH]2)cc1. The van der Waals surface area contributed by atoms with Crippen LogP contribution in [0.1, 0.15) is 12.8 Å². The quantitative estimate of drug-likeness (QED) is 0.629. The summed E-state index contributed by atoms with van der Waals surface area (Å²) >= 11 is 4.86. The van der Waals surface area contributed by atoms with Crippen LogP contribution in [0.15, 0.2) is 24.3 Å². The molecule has 4 N–H and O–H groups in total. The molecule has 2 rings (SSSR count). The molecule has 1 aromatic carbocycles. The minimum Gasteiger partial charge on any atom is -0.481 e. The van der Waals surface area contributed by atoms with Gasteiger partial charge in [0.25, 0.3) is 0 Å². The van der Waals surface area contributed by atoms with Crippen molar-refractivity contribution in [1.82, 2.24) is 15.2 Å². The number of carboxylic acids is 1. The van der Waals surface area contributed by atoms with Crippen LogP contribution in [-0.4, -0.2) is 32.2 Å². The van der Waals surface area contributed by atoms with Gasteiger partial charge in [0.1, 0.15) is 0 Å². The molecule has 0 atom stereocenters. The lowest BCUT2D eigenvalue weighted by molar-refractivity contribution is -0.138. The molecular formula is C12H12N4O3S. The molecule has 0 saturated heterocycles. The fraction of sp³-hybridized carbons (Fsp3) is 0.167. The molecule has 0 unspecified atom stereocenters. The highest BCUT2D eigenvalue weighted by Crippen LogP contribution is 2.17. The van der Waals surface area contributed by atoms with Gasteiger partial charge in [-0.1, -0.05) is 0 Å². The van der Waals surface area contributed by atoms with Crippen LogP contribution < -0.4 is 5.32 Å². The lowest BCUT2D eigenvalue weighted by Crippen LogP contribution is -2.13. The van der Waals surface area contributed by atoms with E-state index in [2.05, 4.69) is 20.5 Å². The lowest BCUT2D eigenvalue weighted by atomic mass is 10.2. The normalized spacial score (nSPS) is 10.2. The Morgan fingerprint density at radius 3 is 2.45 bits per heavy atom. The van der Waals surface area contributed by atoms with Crippen molar-refractivity contribution >= 4 is 29.8 Å². The van der Waals surface area contributed by atoms with Crippen molar-refractivity contribution in [1.29, 1.82) is 0 Å². The smallest absolute Gasteiger partial charge is 0.303 e. The van der Waals surface area contributed by atoms with E-state index in [0.29, 0.717) is 16.3 Å². The average molecular weight is 292 g/mol. The topological polar surface area (TPSA) is 111 Å². The molecule has 2 aromatic rings. The van der Waals surface area contributed by atoms with Crippen molar-refractivity contribution in [3.8, 4) is 11.4 Å².